The molecule has 5 amide bonds. The van der Waals surface area contributed by atoms with Crippen LogP contribution >= 0.6 is 11.6 Å². The Morgan fingerprint density at radius 2 is 1.81 bits per heavy atom. The highest BCUT2D eigenvalue weighted by Gasteiger charge is 2.36. The van der Waals surface area contributed by atoms with Gasteiger partial charge < -0.3 is 35.2 Å². The second-order valence-corrected chi connectivity index (χ2v) is 12.7. The first-order valence-corrected chi connectivity index (χ1v) is 16.4. The Morgan fingerprint density at radius 3 is 2.55 bits per heavy atom. The maximum absolute atomic E-state index is 13.6. The summed E-state index contributed by atoms with van der Waals surface area (Å²) in [5.41, 5.74) is 0.211. The van der Waals surface area contributed by atoms with Gasteiger partial charge in [0.1, 0.15) is 36.8 Å². The zero-order chi connectivity index (χ0) is 33.9. The number of carbonyl (C=O) groups is 5. The summed E-state index contributed by atoms with van der Waals surface area (Å²) < 4.78 is 11.7. The van der Waals surface area contributed by atoms with Crippen LogP contribution in [0.4, 0.5) is 0 Å². The third-order valence-electron chi connectivity index (χ3n) is 8.06. The highest BCUT2D eigenvalue weighted by molar-refractivity contribution is 6.30. The zero-order valence-electron chi connectivity index (χ0n) is 27.1. The average molecular weight is 670 g/mol. The number of amides is 5. The van der Waals surface area contributed by atoms with Crippen molar-refractivity contribution in [3.05, 3.63) is 59.1 Å². The van der Waals surface area contributed by atoms with Crippen molar-refractivity contribution in [2.45, 2.75) is 64.1 Å². The molecular formula is C34H44ClN5O7. The molecule has 2 aliphatic rings. The van der Waals surface area contributed by atoms with Gasteiger partial charge in [0.15, 0.2) is 0 Å². The molecule has 0 radical (unpaired) electrons. The summed E-state index contributed by atoms with van der Waals surface area (Å²) >= 11 is 5.92. The van der Waals surface area contributed by atoms with Crippen LogP contribution in [0.3, 0.4) is 0 Å². The van der Waals surface area contributed by atoms with Gasteiger partial charge in [0, 0.05) is 25.0 Å². The van der Waals surface area contributed by atoms with Crippen molar-refractivity contribution < 1.29 is 33.4 Å². The van der Waals surface area contributed by atoms with E-state index in [1.807, 2.05) is 13.8 Å². The number of carbonyl (C=O) groups excluding carboxylic acids is 5. The predicted molar refractivity (Wildman–Crippen MR) is 176 cm³/mol. The third-order valence-corrected chi connectivity index (χ3v) is 8.31. The molecule has 13 heteroatoms. The highest BCUT2D eigenvalue weighted by Crippen LogP contribution is 2.23. The summed E-state index contributed by atoms with van der Waals surface area (Å²) in [4.78, 5) is 69.6. The molecule has 4 rings (SSSR count). The van der Waals surface area contributed by atoms with E-state index >= 15 is 0 Å². The number of ether oxygens (including phenoxy) is 2. The number of benzene rings is 2. The van der Waals surface area contributed by atoms with Gasteiger partial charge in [0.2, 0.25) is 23.6 Å². The fourth-order valence-electron chi connectivity index (χ4n) is 5.76. The van der Waals surface area contributed by atoms with E-state index in [4.69, 9.17) is 21.1 Å². The normalized spacial score (nSPS) is 21.5. The number of nitrogens with one attached hydrogen (secondary N) is 3. The van der Waals surface area contributed by atoms with Gasteiger partial charge in [0.25, 0.3) is 5.91 Å². The van der Waals surface area contributed by atoms with Crippen LogP contribution in [0.1, 0.15) is 56.3 Å². The van der Waals surface area contributed by atoms with Crippen LogP contribution < -0.4 is 25.4 Å². The van der Waals surface area contributed by atoms with Gasteiger partial charge in [0.05, 0.1) is 24.7 Å². The lowest BCUT2D eigenvalue weighted by Gasteiger charge is -2.29. The number of hydrogen-bond donors (Lipinski definition) is 3. The molecule has 3 N–H and O–H groups in total. The monoisotopic (exact) mass is 669 g/mol. The summed E-state index contributed by atoms with van der Waals surface area (Å²) in [6.07, 6.45) is 1.64. The number of rotatable bonds is 7. The van der Waals surface area contributed by atoms with E-state index in [9.17, 15) is 24.0 Å². The number of para-hydroxylation sites is 1. The van der Waals surface area contributed by atoms with E-state index in [1.165, 1.54) is 9.80 Å². The van der Waals surface area contributed by atoms with Crippen molar-refractivity contribution in [1.82, 2.24) is 25.8 Å². The summed E-state index contributed by atoms with van der Waals surface area (Å²) in [6, 6.07) is 11.3. The fourth-order valence-corrected chi connectivity index (χ4v) is 5.89. The van der Waals surface area contributed by atoms with Crippen molar-refractivity contribution in [1.29, 1.82) is 0 Å². The van der Waals surface area contributed by atoms with E-state index in [1.54, 1.807) is 55.6 Å². The largest absolute Gasteiger partial charge is 0.492 e. The van der Waals surface area contributed by atoms with E-state index in [2.05, 4.69) is 16.0 Å². The van der Waals surface area contributed by atoms with Gasteiger partial charge in [-0.2, -0.15) is 0 Å². The minimum atomic E-state index is -1.05. The lowest BCUT2D eigenvalue weighted by Crippen LogP contribution is -2.51. The Bertz CT molecular complexity index is 1420. The Kier molecular flexibility index (Phi) is 12.9. The maximum atomic E-state index is 13.6. The van der Waals surface area contributed by atoms with Gasteiger partial charge in [-0.05, 0) is 68.0 Å². The lowest BCUT2D eigenvalue weighted by molar-refractivity contribution is -0.144. The number of fused-ring (bicyclic) bond motifs is 2. The Labute approximate surface area is 280 Å². The van der Waals surface area contributed by atoms with Crippen LogP contribution in [0.2, 0.25) is 5.02 Å². The molecule has 2 aromatic rings. The summed E-state index contributed by atoms with van der Waals surface area (Å²) in [6.45, 7) is 4.68. The standard InChI is InChI=1S/C34H44ClN5O7/c1-22(2)19-24-21-47-29-9-5-4-7-26(29)32(43)38-27(33(44)36-16-18-46-25-12-10-23(35)11-13-25)14-15-31(42)40-17-6-8-28(40)34(45)39(3)20-30(41)37-24/h4-5,7,9-13,22,24,27-28H,6,8,14-21H2,1-3H3,(H,36,44)(H,37,41)(H,38,43)/t24-,27-,28+/m0/s1. The van der Waals surface area contributed by atoms with Gasteiger partial charge in [-0.25, -0.2) is 0 Å². The van der Waals surface area contributed by atoms with Crippen LogP contribution in [-0.2, 0) is 19.2 Å². The molecule has 1 fully saturated rings. The molecule has 0 spiro atoms. The molecule has 3 atom stereocenters. The molecule has 0 aromatic heterocycles. The molecule has 0 unspecified atom stereocenters. The Morgan fingerprint density at radius 1 is 1.06 bits per heavy atom. The van der Waals surface area contributed by atoms with Crippen molar-refractivity contribution >= 4 is 41.1 Å². The SMILES string of the molecule is CC(C)C[C@H]1COc2ccccc2C(=O)N[C@H](C(=O)NCCOc2ccc(Cl)cc2)CCC(=O)N2CCC[C@@H]2C(=O)N(C)CC(=O)N1. The van der Waals surface area contributed by atoms with Crippen molar-refractivity contribution in [2.24, 2.45) is 5.92 Å². The molecule has 254 valence electrons. The maximum Gasteiger partial charge on any atom is 0.255 e. The van der Waals surface area contributed by atoms with Crippen LogP contribution in [0, 0.1) is 5.92 Å². The average Bonchev–Trinajstić information content (AvgIpc) is 3.53. The molecule has 2 aromatic carbocycles. The van der Waals surface area contributed by atoms with Crippen LogP contribution in [0.5, 0.6) is 11.5 Å². The number of nitrogens with zero attached hydrogens (tertiary/aromatic N) is 2. The molecule has 2 aliphatic heterocycles. The zero-order valence-corrected chi connectivity index (χ0v) is 27.9. The molecule has 0 aliphatic carbocycles. The highest BCUT2D eigenvalue weighted by atomic mass is 35.5. The molecular weight excluding hydrogens is 626 g/mol. The Balaban J connectivity index is 1.54. The van der Waals surface area contributed by atoms with Crippen LogP contribution in [0.15, 0.2) is 48.5 Å². The molecule has 1 saturated heterocycles. The molecule has 12 nitrogen and oxygen atoms in total. The fraction of sp³-hybridized carbons (Fsp3) is 0.500. The topological polar surface area (TPSA) is 146 Å². The van der Waals surface area contributed by atoms with Gasteiger partial charge in [-0.1, -0.05) is 37.6 Å². The predicted octanol–water partition coefficient (Wildman–Crippen LogP) is 2.79. The molecule has 2 heterocycles. The summed E-state index contributed by atoms with van der Waals surface area (Å²) in [5, 5.41) is 9.12. The smallest absolute Gasteiger partial charge is 0.255 e. The van der Waals surface area contributed by atoms with Crippen LogP contribution in [0.25, 0.3) is 0 Å². The first-order valence-electron chi connectivity index (χ1n) is 16.0. The second-order valence-electron chi connectivity index (χ2n) is 12.3. The van der Waals surface area contributed by atoms with Crippen molar-refractivity contribution in [3.8, 4) is 11.5 Å². The summed E-state index contributed by atoms with van der Waals surface area (Å²) in [5.74, 6) is -0.892. The summed E-state index contributed by atoms with van der Waals surface area (Å²) in [7, 11) is 1.55. The lowest BCUT2D eigenvalue weighted by atomic mass is 10.0. The van der Waals surface area contributed by atoms with Crippen molar-refractivity contribution in [2.75, 3.05) is 39.9 Å². The van der Waals surface area contributed by atoms with Gasteiger partial charge in [-0.3, -0.25) is 24.0 Å². The van der Waals surface area contributed by atoms with Crippen LogP contribution in [-0.4, -0.2) is 97.4 Å². The first kappa shape index (κ1) is 35.5. The van der Waals surface area contributed by atoms with E-state index < -0.39 is 23.9 Å². The number of likely N-dealkylation sites (N-methyl/N-ethyl adjacent to an activating group) is 1. The van der Waals surface area contributed by atoms with Gasteiger partial charge >= 0.3 is 0 Å². The third kappa shape index (κ3) is 10.3. The van der Waals surface area contributed by atoms with E-state index in [0.717, 1.165) is 0 Å². The van der Waals surface area contributed by atoms with E-state index in [0.29, 0.717) is 36.6 Å². The minimum absolute atomic E-state index is 0.00356. The quantitative estimate of drug-likeness (QED) is 0.385. The van der Waals surface area contributed by atoms with Gasteiger partial charge in [-0.15, -0.1) is 0 Å². The number of hydrogen-bond acceptors (Lipinski definition) is 7. The first-order chi connectivity index (χ1) is 22.5. The van der Waals surface area contributed by atoms with Crippen molar-refractivity contribution in [3.63, 3.8) is 0 Å². The van der Waals surface area contributed by atoms with E-state index in [-0.39, 0.29) is 80.1 Å². The number of halogens is 1. The molecule has 47 heavy (non-hydrogen) atoms. The second kappa shape index (κ2) is 17.0. The molecule has 0 bridgehead atoms. The minimum Gasteiger partial charge on any atom is -0.492 e. The Hall–Kier alpha value is -4.32. The molecule has 0 saturated carbocycles.